The zero-order valence-corrected chi connectivity index (χ0v) is 16.4. The molecule has 3 rings (SSSR count). The maximum atomic E-state index is 11.4. The standard InChI is InChI=1S/C21H18N4O6/c1-31-18-9-2-14(3-10-18)12-20(15-4-7-17(26)8-5-15)23-22-19-11-6-16(24(27)28)13-21(19)25(29)30/h2-11,13,22,26H,12H2,1H3/b23-20+. The number of non-ortho nitro benzene ring substituents is 1. The minimum atomic E-state index is -0.714. The van der Waals surface area contributed by atoms with Crippen molar-refractivity contribution < 1.29 is 19.7 Å². The Kier molecular flexibility index (Phi) is 6.41. The summed E-state index contributed by atoms with van der Waals surface area (Å²) >= 11 is 0. The predicted molar refractivity (Wildman–Crippen MR) is 115 cm³/mol. The Morgan fingerprint density at radius 3 is 2.26 bits per heavy atom. The normalized spacial score (nSPS) is 11.1. The number of nitro groups is 2. The predicted octanol–water partition coefficient (Wildman–Crippen LogP) is 4.28. The molecule has 2 N–H and O–H groups in total. The Labute approximate surface area is 176 Å². The fourth-order valence-electron chi connectivity index (χ4n) is 2.80. The van der Waals surface area contributed by atoms with E-state index in [4.69, 9.17) is 4.74 Å². The average molecular weight is 422 g/mol. The van der Waals surface area contributed by atoms with Crippen molar-refractivity contribution in [1.29, 1.82) is 0 Å². The second-order valence-electron chi connectivity index (χ2n) is 6.46. The van der Waals surface area contributed by atoms with E-state index < -0.39 is 21.2 Å². The molecule has 0 aliphatic rings. The smallest absolute Gasteiger partial charge is 0.301 e. The van der Waals surface area contributed by atoms with Gasteiger partial charge in [0.15, 0.2) is 0 Å². The van der Waals surface area contributed by atoms with Crippen LogP contribution in [0.15, 0.2) is 71.8 Å². The maximum Gasteiger partial charge on any atom is 0.301 e. The number of nitrogens with zero attached hydrogens (tertiary/aromatic N) is 3. The van der Waals surface area contributed by atoms with Gasteiger partial charge in [-0.3, -0.25) is 25.7 Å². The zero-order chi connectivity index (χ0) is 22.4. The number of nitrogens with one attached hydrogen (secondary N) is 1. The van der Waals surface area contributed by atoms with E-state index in [1.807, 2.05) is 12.1 Å². The summed E-state index contributed by atoms with van der Waals surface area (Å²) in [4.78, 5) is 20.9. The maximum absolute atomic E-state index is 11.4. The highest BCUT2D eigenvalue weighted by Crippen LogP contribution is 2.29. The molecule has 0 heterocycles. The first-order valence-electron chi connectivity index (χ1n) is 9.05. The molecule has 0 amide bonds. The van der Waals surface area contributed by atoms with Crippen LogP contribution < -0.4 is 10.2 Å². The van der Waals surface area contributed by atoms with Crippen molar-refractivity contribution in [3.8, 4) is 11.5 Å². The van der Waals surface area contributed by atoms with Crippen LogP contribution in [0.2, 0.25) is 0 Å². The Bertz CT molecular complexity index is 1130. The lowest BCUT2D eigenvalue weighted by Crippen LogP contribution is -2.09. The summed E-state index contributed by atoms with van der Waals surface area (Å²) in [7, 11) is 1.57. The van der Waals surface area contributed by atoms with Gasteiger partial charge in [-0.1, -0.05) is 12.1 Å². The SMILES string of the molecule is COc1ccc(C/C(=N\Nc2ccc([N+](=O)[O-])cc2[N+](=O)[O-])c2ccc(O)cc2)cc1. The fraction of sp³-hybridized carbons (Fsp3) is 0.0952. The van der Waals surface area contributed by atoms with Gasteiger partial charge in [0.05, 0.1) is 28.7 Å². The van der Waals surface area contributed by atoms with Crippen LogP contribution in [0.3, 0.4) is 0 Å². The molecule has 158 valence electrons. The Balaban J connectivity index is 1.96. The minimum Gasteiger partial charge on any atom is -0.508 e. The first kappa shape index (κ1) is 21.2. The second kappa shape index (κ2) is 9.35. The number of hydrazone groups is 1. The van der Waals surface area contributed by atoms with Crippen LogP contribution in [-0.4, -0.2) is 27.8 Å². The largest absolute Gasteiger partial charge is 0.508 e. The number of anilines is 1. The van der Waals surface area contributed by atoms with Gasteiger partial charge in [0.1, 0.15) is 17.2 Å². The number of methoxy groups -OCH3 is 1. The van der Waals surface area contributed by atoms with E-state index in [1.165, 1.54) is 18.2 Å². The van der Waals surface area contributed by atoms with Gasteiger partial charge in [0, 0.05) is 12.5 Å². The quantitative estimate of drug-likeness (QED) is 0.314. The van der Waals surface area contributed by atoms with Crippen LogP contribution in [0, 0.1) is 20.2 Å². The molecular formula is C21H18N4O6. The molecule has 0 saturated heterocycles. The van der Waals surface area contributed by atoms with Crippen molar-refractivity contribution in [3.63, 3.8) is 0 Å². The van der Waals surface area contributed by atoms with E-state index in [0.717, 1.165) is 17.7 Å². The third-order valence-corrected chi connectivity index (χ3v) is 4.43. The van der Waals surface area contributed by atoms with Crippen molar-refractivity contribution in [2.45, 2.75) is 6.42 Å². The Morgan fingerprint density at radius 1 is 1.00 bits per heavy atom. The van der Waals surface area contributed by atoms with E-state index >= 15 is 0 Å². The highest BCUT2D eigenvalue weighted by atomic mass is 16.6. The summed E-state index contributed by atoms with van der Waals surface area (Å²) in [5.41, 5.74) is 3.95. The average Bonchev–Trinajstić information content (AvgIpc) is 2.77. The van der Waals surface area contributed by atoms with Crippen molar-refractivity contribution in [3.05, 3.63) is 98.1 Å². The van der Waals surface area contributed by atoms with Gasteiger partial charge in [0.2, 0.25) is 0 Å². The monoisotopic (exact) mass is 422 g/mol. The van der Waals surface area contributed by atoms with Crippen LogP contribution in [0.25, 0.3) is 0 Å². The van der Waals surface area contributed by atoms with Crippen LogP contribution in [0.5, 0.6) is 11.5 Å². The highest BCUT2D eigenvalue weighted by molar-refractivity contribution is 6.02. The summed E-state index contributed by atoms with van der Waals surface area (Å²) < 4.78 is 5.16. The van der Waals surface area contributed by atoms with Gasteiger partial charge in [-0.05, 0) is 53.6 Å². The van der Waals surface area contributed by atoms with Crippen LogP contribution in [0.4, 0.5) is 17.1 Å². The molecule has 10 heteroatoms. The third kappa shape index (κ3) is 5.32. The van der Waals surface area contributed by atoms with Crippen molar-refractivity contribution >= 4 is 22.8 Å². The first-order chi connectivity index (χ1) is 14.9. The topological polar surface area (TPSA) is 140 Å². The molecule has 31 heavy (non-hydrogen) atoms. The van der Waals surface area contributed by atoms with E-state index in [1.54, 1.807) is 31.4 Å². The number of phenols is 1. The summed E-state index contributed by atoms with van der Waals surface area (Å²) in [5.74, 6) is 0.790. The lowest BCUT2D eigenvalue weighted by atomic mass is 10.0. The molecule has 0 fully saturated rings. The summed E-state index contributed by atoms with van der Waals surface area (Å²) in [6, 6.07) is 17.0. The minimum absolute atomic E-state index is 0.0154. The molecule has 0 atom stereocenters. The molecule has 0 bridgehead atoms. The van der Waals surface area contributed by atoms with Gasteiger partial charge >= 0.3 is 5.69 Å². The fourth-order valence-corrected chi connectivity index (χ4v) is 2.80. The highest BCUT2D eigenvalue weighted by Gasteiger charge is 2.19. The third-order valence-electron chi connectivity index (χ3n) is 4.43. The van der Waals surface area contributed by atoms with Crippen LogP contribution in [-0.2, 0) is 6.42 Å². The lowest BCUT2D eigenvalue weighted by Gasteiger charge is -2.10. The molecule has 0 unspecified atom stereocenters. The van der Waals surface area contributed by atoms with E-state index in [0.29, 0.717) is 23.4 Å². The summed E-state index contributed by atoms with van der Waals surface area (Å²) in [6.45, 7) is 0. The van der Waals surface area contributed by atoms with Gasteiger partial charge < -0.3 is 9.84 Å². The molecule has 0 radical (unpaired) electrons. The Hall–Kier alpha value is -4.47. The van der Waals surface area contributed by atoms with E-state index in [-0.39, 0.29) is 11.4 Å². The van der Waals surface area contributed by atoms with E-state index in [2.05, 4.69) is 10.5 Å². The van der Waals surface area contributed by atoms with Crippen molar-refractivity contribution in [2.24, 2.45) is 5.10 Å². The molecule has 0 aliphatic carbocycles. The number of aromatic hydroxyl groups is 1. The molecule has 0 aliphatic heterocycles. The van der Waals surface area contributed by atoms with Crippen molar-refractivity contribution in [1.82, 2.24) is 0 Å². The number of phenolic OH excluding ortho intramolecular Hbond substituents is 1. The number of nitro benzene ring substituents is 2. The molecule has 3 aromatic rings. The van der Waals surface area contributed by atoms with Crippen molar-refractivity contribution in [2.75, 3.05) is 12.5 Å². The molecule has 0 saturated carbocycles. The number of hydrogen-bond acceptors (Lipinski definition) is 8. The summed E-state index contributed by atoms with van der Waals surface area (Å²) in [5, 5.41) is 36.2. The summed E-state index contributed by atoms with van der Waals surface area (Å²) in [6.07, 6.45) is 0.378. The second-order valence-corrected chi connectivity index (χ2v) is 6.46. The molecule has 10 nitrogen and oxygen atoms in total. The van der Waals surface area contributed by atoms with Gasteiger partial charge in [-0.15, -0.1) is 0 Å². The lowest BCUT2D eigenvalue weighted by molar-refractivity contribution is -0.393. The number of hydrogen-bond donors (Lipinski definition) is 2. The number of rotatable bonds is 8. The first-order valence-corrected chi connectivity index (χ1v) is 9.05. The Morgan fingerprint density at radius 2 is 1.68 bits per heavy atom. The van der Waals surface area contributed by atoms with Crippen LogP contribution in [0.1, 0.15) is 11.1 Å². The number of benzene rings is 3. The van der Waals surface area contributed by atoms with Gasteiger partial charge in [-0.2, -0.15) is 5.10 Å². The molecular weight excluding hydrogens is 404 g/mol. The molecule has 0 spiro atoms. The van der Waals surface area contributed by atoms with Gasteiger partial charge in [0.25, 0.3) is 5.69 Å². The van der Waals surface area contributed by atoms with E-state index in [9.17, 15) is 25.3 Å². The van der Waals surface area contributed by atoms with Crippen LogP contribution >= 0.6 is 0 Å². The zero-order valence-electron chi connectivity index (χ0n) is 16.4. The molecule has 0 aromatic heterocycles. The molecule has 3 aromatic carbocycles. The number of ether oxygens (including phenoxy) is 1. The van der Waals surface area contributed by atoms with Gasteiger partial charge in [-0.25, -0.2) is 0 Å².